The van der Waals surface area contributed by atoms with Gasteiger partial charge in [0.05, 0.1) is 10.6 Å². The molecule has 0 amide bonds. The molecule has 0 fully saturated rings. The van der Waals surface area contributed by atoms with Crippen molar-refractivity contribution in [2.45, 2.75) is 16.0 Å². The van der Waals surface area contributed by atoms with Gasteiger partial charge in [0.25, 0.3) is 10.0 Å². The van der Waals surface area contributed by atoms with Crippen LogP contribution < -0.4 is 9.86 Å². The zero-order chi connectivity index (χ0) is 15.8. The van der Waals surface area contributed by atoms with E-state index in [1.807, 2.05) is 0 Å². The molecule has 0 saturated carbocycles. The predicted molar refractivity (Wildman–Crippen MR) is 75.4 cm³/mol. The zero-order valence-corrected chi connectivity index (χ0v) is 13.0. The third-order valence-electron chi connectivity index (χ3n) is 2.34. The Bertz CT molecular complexity index is 890. The van der Waals surface area contributed by atoms with Crippen molar-refractivity contribution < 1.29 is 21.2 Å². The molecule has 1 aromatic heterocycles. The molecule has 0 radical (unpaired) electrons. The Morgan fingerprint density at radius 2 is 1.95 bits per heavy atom. The van der Waals surface area contributed by atoms with Crippen molar-refractivity contribution in [3.63, 3.8) is 0 Å². The van der Waals surface area contributed by atoms with Crippen LogP contribution in [-0.2, 0) is 20.0 Å². The Labute approximate surface area is 124 Å². The first kappa shape index (κ1) is 15.8. The molecule has 0 unspecified atom stereocenters. The van der Waals surface area contributed by atoms with E-state index in [2.05, 4.69) is 9.71 Å². The van der Waals surface area contributed by atoms with E-state index in [1.54, 1.807) is 0 Å². The number of aryl methyl sites for hydroxylation is 1. The number of nitrogens with one attached hydrogen (secondary N) is 1. The summed E-state index contributed by atoms with van der Waals surface area (Å²) in [5.41, 5.74) is 0.0828. The number of benzene rings is 1. The van der Waals surface area contributed by atoms with Gasteiger partial charge in [0.1, 0.15) is 5.82 Å². The molecular formula is C10H10FN3O4S3. The van der Waals surface area contributed by atoms with Crippen molar-refractivity contribution in [3.8, 4) is 0 Å². The Kier molecular flexibility index (Phi) is 4.02. The van der Waals surface area contributed by atoms with Gasteiger partial charge in [-0.25, -0.2) is 31.3 Å². The fourth-order valence-corrected chi connectivity index (χ4v) is 4.62. The number of sulfonamides is 2. The number of halogens is 1. The molecular weight excluding hydrogens is 341 g/mol. The highest BCUT2D eigenvalue weighted by Crippen LogP contribution is 2.27. The molecule has 2 aromatic rings. The van der Waals surface area contributed by atoms with Gasteiger partial charge in [-0.3, -0.25) is 4.72 Å². The van der Waals surface area contributed by atoms with Crippen LogP contribution in [0.15, 0.2) is 33.4 Å². The van der Waals surface area contributed by atoms with Gasteiger partial charge in [0, 0.05) is 0 Å². The Morgan fingerprint density at radius 3 is 2.48 bits per heavy atom. The third kappa shape index (κ3) is 3.56. The fourth-order valence-electron chi connectivity index (χ4n) is 1.50. The second-order valence-corrected chi connectivity index (χ2v) is 8.44. The number of nitrogens with two attached hydrogens (primary N) is 1. The number of aromatic nitrogens is 1. The number of nitrogens with zero attached hydrogens (tertiary/aromatic N) is 1. The molecule has 0 saturated heterocycles. The minimum atomic E-state index is -4.06. The number of hydrogen-bond acceptors (Lipinski definition) is 6. The van der Waals surface area contributed by atoms with Gasteiger partial charge in [-0.05, 0) is 25.1 Å². The van der Waals surface area contributed by atoms with Gasteiger partial charge in [0.15, 0.2) is 9.34 Å². The Balaban J connectivity index is 2.38. The lowest BCUT2D eigenvalue weighted by atomic mass is 10.4. The maximum absolute atomic E-state index is 13.1. The Morgan fingerprint density at radius 1 is 1.29 bits per heavy atom. The third-order valence-corrected chi connectivity index (χ3v) is 6.43. The van der Waals surface area contributed by atoms with Crippen LogP contribution in [0.5, 0.6) is 0 Å². The Hall–Kier alpha value is -1.56. The first-order chi connectivity index (χ1) is 9.59. The number of thiazole rings is 1. The van der Waals surface area contributed by atoms with Crippen LogP contribution in [0.4, 0.5) is 9.52 Å². The largest absolute Gasteiger partial charge is 0.263 e. The number of hydrogen-bond donors (Lipinski definition) is 2. The predicted octanol–water partition coefficient (Wildman–Crippen LogP) is 1.04. The molecule has 1 aromatic carbocycles. The molecule has 2 rings (SSSR count). The molecule has 0 aliphatic carbocycles. The monoisotopic (exact) mass is 351 g/mol. The highest BCUT2D eigenvalue weighted by Gasteiger charge is 2.21. The molecule has 0 bridgehead atoms. The molecule has 114 valence electrons. The number of primary sulfonamides is 1. The lowest BCUT2D eigenvalue weighted by Gasteiger charge is -2.04. The van der Waals surface area contributed by atoms with Gasteiger partial charge < -0.3 is 0 Å². The molecule has 3 N–H and O–H groups in total. The highest BCUT2D eigenvalue weighted by atomic mass is 32.2. The van der Waals surface area contributed by atoms with E-state index < -0.39 is 25.9 Å². The molecule has 0 aliphatic heterocycles. The molecule has 0 atom stereocenters. The van der Waals surface area contributed by atoms with E-state index in [0.717, 1.165) is 12.1 Å². The summed E-state index contributed by atoms with van der Waals surface area (Å²) >= 11 is 0.584. The topological polar surface area (TPSA) is 119 Å². The normalized spacial score (nSPS) is 12.3. The lowest BCUT2D eigenvalue weighted by Crippen LogP contribution is -2.13. The van der Waals surface area contributed by atoms with Crippen molar-refractivity contribution in [2.24, 2.45) is 5.14 Å². The molecule has 11 heteroatoms. The summed E-state index contributed by atoms with van der Waals surface area (Å²) in [6, 6.07) is 4.38. The SMILES string of the molecule is Cc1nc(NS(=O)(=O)c2cccc(F)c2)sc1S(N)(=O)=O. The summed E-state index contributed by atoms with van der Waals surface area (Å²) in [5, 5.41) is 4.82. The van der Waals surface area contributed by atoms with Crippen LogP contribution in [-0.4, -0.2) is 21.8 Å². The van der Waals surface area contributed by atoms with E-state index in [0.29, 0.717) is 11.3 Å². The standard InChI is InChI=1S/C10H10FN3O4S3/c1-6-9(20(12,15)16)19-10(13-6)14-21(17,18)8-4-2-3-7(11)5-8/h2-5H,1H3,(H,13,14)(H2,12,15,16). The summed E-state index contributed by atoms with van der Waals surface area (Å²) in [4.78, 5) is 3.49. The van der Waals surface area contributed by atoms with E-state index in [-0.39, 0.29) is 19.9 Å². The van der Waals surface area contributed by atoms with Crippen LogP contribution in [0.2, 0.25) is 0 Å². The minimum Gasteiger partial charge on any atom is -0.255 e. The van der Waals surface area contributed by atoms with Crippen LogP contribution in [0.25, 0.3) is 0 Å². The van der Waals surface area contributed by atoms with Crippen molar-refractivity contribution in [1.82, 2.24) is 4.98 Å². The average molecular weight is 351 g/mol. The number of rotatable bonds is 4. The van der Waals surface area contributed by atoms with Crippen molar-refractivity contribution in [3.05, 3.63) is 35.8 Å². The van der Waals surface area contributed by atoms with Gasteiger partial charge >= 0.3 is 0 Å². The summed E-state index contributed by atoms with van der Waals surface area (Å²) in [5.74, 6) is -0.710. The summed E-state index contributed by atoms with van der Waals surface area (Å²) in [6.07, 6.45) is 0. The number of anilines is 1. The van der Waals surface area contributed by atoms with E-state index in [1.165, 1.54) is 19.1 Å². The smallest absolute Gasteiger partial charge is 0.255 e. The van der Waals surface area contributed by atoms with Gasteiger partial charge in [-0.15, -0.1) is 0 Å². The van der Waals surface area contributed by atoms with Gasteiger partial charge in [0.2, 0.25) is 10.0 Å². The maximum atomic E-state index is 13.1. The quantitative estimate of drug-likeness (QED) is 0.853. The van der Waals surface area contributed by atoms with Gasteiger partial charge in [-0.1, -0.05) is 17.4 Å². The summed E-state index contributed by atoms with van der Waals surface area (Å²) < 4.78 is 61.5. The van der Waals surface area contributed by atoms with Crippen molar-refractivity contribution in [1.29, 1.82) is 0 Å². The van der Waals surface area contributed by atoms with Gasteiger partial charge in [-0.2, -0.15) is 0 Å². The first-order valence-corrected chi connectivity index (χ1v) is 9.23. The molecule has 21 heavy (non-hydrogen) atoms. The van der Waals surface area contributed by atoms with Crippen LogP contribution in [0.1, 0.15) is 5.69 Å². The minimum absolute atomic E-state index is 0.0828. The van der Waals surface area contributed by atoms with Crippen molar-refractivity contribution in [2.75, 3.05) is 4.72 Å². The molecule has 0 spiro atoms. The molecule has 1 heterocycles. The second kappa shape index (κ2) is 5.33. The average Bonchev–Trinajstić information content (AvgIpc) is 2.69. The zero-order valence-electron chi connectivity index (χ0n) is 10.6. The maximum Gasteiger partial charge on any atom is 0.263 e. The summed E-state index contributed by atoms with van der Waals surface area (Å²) in [6.45, 7) is 1.39. The van der Waals surface area contributed by atoms with E-state index >= 15 is 0 Å². The van der Waals surface area contributed by atoms with E-state index in [9.17, 15) is 21.2 Å². The van der Waals surface area contributed by atoms with Crippen LogP contribution >= 0.6 is 11.3 Å². The van der Waals surface area contributed by atoms with Crippen LogP contribution in [0, 0.1) is 12.7 Å². The van der Waals surface area contributed by atoms with Crippen LogP contribution in [0.3, 0.4) is 0 Å². The molecule has 7 nitrogen and oxygen atoms in total. The fraction of sp³-hybridized carbons (Fsp3) is 0.100. The first-order valence-electron chi connectivity index (χ1n) is 5.38. The second-order valence-electron chi connectivity index (χ2n) is 4.00. The van der Waals surface area contributed by atoms with E-state index in [4.69, 9.17) is 5.14 Å². The lowest BCUT2D eigenvalue weighted by molar-refractivity contribution is 0.595. The summed E-state index contributed by atoms with van der Waals surface area (Å²) in [7, 11) is -8.04. The highest BCUT2D eigenvalue weighted by molar-refractivity contribution is 7.93. The molecule has 0 aliphatic rings. The van der Waals surface area contributed by atoms with Crippen molar-refractivity contribution >= 4 is 36.5 Å².